The van der Waals surface area contributed by atoms with Crippen LogP contribution in [0, 0.1) is 0 Å². The van der Waals surface area contributed by atoms with Gasteiger partial charge in [0.15, 0.2) is 0 Å². The molecule has 19 heavy (non-hydrogen) atoms. The predicted molar refractivity (Wildman–Crippen MR) is 81.3 cm³/mol. The molecular weight excluding hydrogens is 312 g/mol. The normalized spacial score (nSPS) is 14.5. The molecule has 0 spiro atoms. The van der Waals surface area contributed by atoms with E-state index in [9.17, 15) is 0 Å². The molecule has 0 rings (SSSR count). The molecule has 7 heteroatoms. The fourth-order valence-corrected chi connectivity index (χ4v) is 13.7. The van der Waals surface area contributed by atoms with Crippen LogP contribution in [0.5, 0.6) is 0 Å². The SMILES string of the molecule is CC(C)[O][Ti]([O]C(C)C)([O][Si](C)(C)C)[O][Si](C)(C)C. The molecule has 0 aromatic carbocycles. The van der Waals surface area contributed by atoms with Crippen molar-refractivity contribution in [1.82, 2.24) is 0 Å². The maximum atomic E-state index is 6.32. The Morgan fingerprint density at radius 2 is 0.895 bits per heavy atom. The Bertz CT molecular complexity index is 244. The molecule has 0 N–H and O–H groups in total. The van der Waals surface area contributed by atoms with Crippen LogP contribution in [0.1, 0.15) is 27.7 Å². The molecular formula is C12H32O4Si2Ti. The molecule has 0 fully saturated rings. The van der Waals surface area contributed by atoms with Gasteiger partial charge in [-0.05, 0) is 0 Å². The van der Waals surface area contributed by atoms with E-state index in [1.54, 1.807) is 0 Å². The average Bonchev–Trinajstić information content (AvgIpc) is 1.89. The van der Waals surface area contributed by atoms with Gasteiger partial charge in [0.05, 0.1) is 0 Å². The molecule has 0 heterocycles. The summed E-state index contributed by atoms with van der Waals surface area (Å²) in [4.78, 5) is 0. The van der Waals surface area contributed by atoms with Crippen LogP contribution in [-0.4, -0.2) is 28.8 Å². The second kappa shape index (κ2) is 7.31. The van der Waals surface area contributed by atoms with Crippen molar-refractivity contribution in [1.29, 1.82) is 0 Å². The zero-order chi connectivity index (χ0) is 15.5. The van der Waals surface area contributed by atoms with E-state index < -0.39 is 34.8 Å². The van der Waals surface area contributed by atoms with Gasteiger partial charge in [0, 0.05) is 0 Å². The molecule has 116 valence electrons. The van der Waals surface area contributed by atoms with Crippen LogP contribution >= 0.6 is 0 Å². The van der Waals surface area contributed by atoms with Gasteiger partial charge in [-0.3, -0.25) is 0 Å². The fraction of sp³-hybridized carbons (Fsp3) is 1.00. The van der Waals surface area contributed by atoms with Crippen molar-refractivity contribution in [2.45, 2.75) is 79.2 Å². The van der Waals surface area contributed by atoms with Crippen molar-refractivity contribution in [3.05, 3.63) is 0 Å². The minimum atomic E-state index is -3.67. The molecule has 0 atom stereocenters. The third-order valence-corrected chi connectivity index (χ3v) is 13.8. The summed E-state index contributed by atoms with van der Waals surface area (Å²) < 4.78 is 24.8. The van der Waals surface area contributed by atoms with E-state index in [1.807, 2.05) is 27.7 Å². The molecule has 0 saturated carbocycles. The first kappa shape index (κ1) is 20.0. The van der Waals surface area contributed by atoms with Gasteiger partial charge in [-0.1, -0.05) is 0 Å². The first-order valence-corrected chi connectivity index (χ1v) is 16.4. The van der Waals surface area contributed by atoms with Gasteiger partial charge in [-0.25, -0.2) is 0 Å². The zero-order valence-electron chi connectivity index (χ0n) is 14.3. The Labute approximate surface area is 126 Å². The van der Waals surface area contributed by atoms with Gasteiger partial charge in [0.2, 0.25) is 0 Å². The van der Waals surface area contributed by atoms with Crippen molar-refractivity contribution in [3.8, 4) is 0 Å². The Morgan fingerprint density at radius 3 is 1.05 bits per heavy atom. The fourth-order valence-electron chi connectivity index (χ4n) is 1.47. The van der Waals surface area contributed by atoms with Crippen LogP contribution in [0.15, 0.2) is 0 Å². The number of rotatable bonds is 8. The summed E-state index contributed by atoms with van der Waals surface area (Å²) in [7, 11) is -3.59. The first-order valence-electron chi connectivity index (χ1n) is 7.01. The topological polar surface area (TPSA) is 36.9 Å². The average molecular weight is 344 g/mol. The Morgan fingerprint density at radius 1 is 0.632 bits per heavy atom. The van der Waals surface area contributed by atoms with Crippen molar-refractivity contribution in [2.24, 2.45) is 0 Å². The molecule has 0 aliphatic rings. The van der Waals surface area contributed by atoms with Gasteiger partial charge in [0.1, 0.15) is 0 Å². The Kier molecular flexibility index (Phi) is 7.69. The summed E-state index contributed by atoms with van der Waals surface area (Å²) >= 11 is -3.67. The standard InChI is InChI=1S/2C3H9OSi.2C3H7O.Ti/c2*1-5(2,3)4;2*1-3(2)4;/h2*1-3H3;2*3H,1-2H3;/q4*-1;+4. The van der Waals surface area contributed by atoms with Gasteiger partial charge in [-0.2, -0.15) is 0 Å². The van der Waals surface area contributed by atoms with E-state index in [0.717, 1.165) is 0 Å². The van der Waals surface area contributed by atoms with E-state index >= 15 is 0 Å². The van der Waals surface area contributed by atoms with Crippen LogP contribution in [0.2, 0.25) is 39.3 Å². The van der Waals surface area contributed by atoms with E-state index in [1.165, 1.54) is 0 Å². The third kappa shape index (κ3) is 10.4. The van der Waals surface area contributed by atoms with Gasteiger partial charge >= 0.3 is 127 Å². The van der Waals surface area contributed by atoms with Crippen molar-refractivity contribution < 1.29 is 30.8 Å². The molecule has 0 unspecified atom stereocenters. The minimum absolute atomic E-state index is 0.0476. The van der Waals surface area contributed by atoms with Gasteiger partial charge < -0.3 is 0 Å². The molecule has 0 aliphatic carbocycles. The first-order chi connectivity index (χ1) is 8.25. The van der Waals surface area contributed by atoms with Gasteiger partial charge in [0.25, 0.3) is 0 Å². The zero-order valence-corrected chi connectivity index (χ0v) is 17.8. The second-order valence-corrected chi connectivity index (χ2v) is 20.3. The molecule has 0 amide bonds. The second-order valence-electron chi connectivity index (χ2n) is 7.26. The summed E-state index contributed by atoms with van der Waals surface area (Å²) in [5.74, 6) is 0. The van der Waals surface area contributed by atoms with Crippen LogP contribution in [0.3, 0.4) is 0 Å². The summed E-state index contributed by atoms with van der Waals surface area (Å²) in [5.41, 5.74) is 0. The molecule has 0 bridgehead atoms. The Balaban J connectivity index is 5.31. The van der Waals surface area contributed by atoms with Crippen LogP contribution in [0.4, 0.5) is 0 Å². The molecule has 0 aliphatic heterocycles. The monoisotopic (exact) mass is 344 g/mol. The molecule has 4 nitrogen and oxygen atoms in total. The maximum absolute atomic E-state index is 6.32. The van der Waals surface area contributed by atoms with Crippen molar-refractivity contribution in [2.75, 3.05) is 0 Å². The summed E-state index contributed by atoms with van der Waals surface area (Å²) in [6.07, 6.45) is 0.0953. The molecule has 0 saturated heterocycles. The van der Waals surface area contributed by atoms with Crippen LogP contribution < -0.4 is 0 Å². The quantitative estimate of drug-likeness (QED) is 0.613. The number of hydrogen-bond donors (Lipinski definition) is 0. The van der Waals surface area contributed by atoms with E-state index in [4.69, 9.17) is 12.7 Å². The Hall–Kier alpha value is 0.988. The molecule has 0 aromatic heterocycles. The van der Waals surface area contributed by atoms with Gasteiger partial charge in [-0.15, -0.1) is 0 Å². The summed E-state index contributed by atoms with van der Waals surface area (Å²) in [6, 6.07) is 0. The van der Waals surface area contributed by atoms with E-state index in [-0.39, 0.29) is 12.2 Å². The van der Waals surface area contributed by atoms with E-state index in [2.05, 4.69) is 39.3 Å². The summed E-state index contributed by atoms with van der Waals surface area (Å²) in [6.45, 7) is 20.9. The van der Waals surface area contributed by atoms with E-state index in [0.29, 0.717) is 0 Å². The molecule has 0 aromatic rings. The van der Waals surface area contributed by atoms with Crippen LogP contribution in [0.25, 0.3) is 0 Å². The van der Waals surface area contributed by atoms with Crippen LogP contribution in [-0.2, 0) is 30.8 Å². The summed E-state index contributed by atoms with van der Waals surface area (Å²) in [5, 5.41) is 0. The number of hydrogen-bond acceptors (Lipinski definition) is 4. The predicted octanol–water partition coefficient (Wildman–Crippen LogP) is 4.35. The van der Waals surface area contributed by atoms with Crippen molar-refractivity contribution >= 4 is 16.6 Å². The van der Waals surface area contributed by atoms with Crippen molar-refractivity contribution in [3.63, 3.8) is 0 Å². The molecule has 0 radical (unpaired) electrons. The third-order valence-electron chi connectivity index (χ3n) is 1.62.